The molecule has 13 aromatic rings. The molecule has 376 valence electrons. The first-order valence-electron chi connectivity index (χ1n) is 27.9. The van der Waals surface area contributed by atoms with Crippen LogP contribution in [0.1, 0.15) is 67.5 Å². The predicted octanol–water partition coefficient (Wildman–Crippen LogP) is 17.7. The van der Waals surface area contributed by atoms with Crippen LogP contribution in [-0.4, -0.2) is 24.9 Å². The van der Waals surface area contributed by atoms with Gasteiger partial charge in [0.15, 0.2) is 23.3 Å². The molecule has 5 heteroatoms. The third kappa shape index (κ3) is 6.88. The van der Waals surface area contributed by atoms with Gasteiger partial charge in [-0.1, -0.05) is 249 Å². The lowest BCUT2D eigenvalue weighted by atomic mass is 9.60. The van der Waals surface area contributed by atoms with Crippen LogP contribution >= 0.6 is 0 Å². The van der Waals surface area contributed by atoms with E-state index >= 15 is 0 Å². The number of benzene rings is 11. The van der Waals surface area contributed by atoms with E-state index in [-0.39, 0.29) is 17.3 Å². The fraction of sp³-hybridized carbons (Fsp3) is 0.0395. The second-order valence-corrected chi connectivity index (χ2v) is 21.8. The molecule has 11 aromatic carbocycles. The Morgan fingerprint density at radius 1 is 0.210 bits per heavy atom. The van der Waals surface area contributed by atoms with E-state index < -0.39 is 0 Å². The maximum Gasteiger partial charge on any atom is 0.164 e. The minimum atomic E-state index is -0.363. The molecule has 81 heavy (non-hydrogen) atoms. The summed E-state index contributed by atoms with van der Waals surface area (Å²) in [6.07, 6.45) is 0. The highest BCUT2D eigenvalue weighted by Gasteiger charge is 2.51. The molecule has 2 atom stereocenters. The summed E-state index contributed by atoms with van der Waals surface area (Å²) in [6.45, 7) is 0. The van der Waals surface area contributed by atoms with Gasteiger partial charge >= 0.3 is 0 Å². The number of hydrogen-bond acceptors (Lipinski definition) is 5. The number of nitrogens with zero attached hydrogens (tertiary/aromatic N) is 5. The second kappa shape index (κ2) is 17.8. The van der Waals surface area contributed by atoms with Crippen molar-refractivity contribution in [3.8, 4) is 101 Å². The molecule has 0 amide bonds. The zero-order chi connectivity index (χ0) is 53.2. The van der Waals surface area contributed by atoms with E-state index in [9.17, 15) is 0 Å². The Morgan fingerprint density at radius 3 is 1.10 bits per heavy atom. The number of fused-ring (bicyclic) bond motifs is 10. The van der Waals surface area contributed by atoms with Crippen LogP contribution in [0.25, 0.3) is 101 Å². The maximum atomic E-state index is 5.35. The van der Waals surface area contributed by atoms with Crippen molar-refractivity contribution in [3.63, 3.8) is 0 Å². The number of aromatic nitrogens is 5. The van der Waals surface area contributed by atoms with E-state index in [4.69, 9.17) is 24.9 Å². The van der Waals surface area contributed by atoms with Crippen LogP contribution in [0.2, 0.25) is 0 Å². The molecular weight excluding hydrogens is 983 g/mol. The largest absolute Gasteiger partial charge is 0.228 e. The number of hydrogen-bond donors (Lipinski definition) is 0. The zero-order valence-electron chi connectivity index (χ0n) is 43.9. The molecule has 0 saturated heterocycles. The Hall–Kier alpha value is -10.5. The van der Waals surface area contributed by atoms with Crippen molar-refractivity contribution < 1.29 is 0 Å². The topological polar surface area (TPSA) is 64.5 Å². The van der Waals surface area contributed by atoms with Gasteiger partial charge in [0, 0.05) is 45.2 Å². The van der Waals surface area contributed by atoms with Gasteiger partial charge in [0.1, 0.15) is 0 Å². The maximum absolute atomic E-state index is 5.35. The van der Waals surface area contributed by atoms with E-state index in [0.29, 0.717) is 23.3 Å². The minimum Gasteiger partial charge on any atom is -0.228 e. The van der Waals surface area contributed by atoms with Gasteiger partial charge in [0.2, 0.25) is 0 Å². The first-order chi connectivity index (χ1) is 40.1. The third-order valence-corrected chi connectivity index (χ3v) is 17.6. The highest BCUT2D eigenvalue weighted by Crippen LogP contribution is 2.63. The molecule has 0 radical (unpaired) electrons. The van der Waals surface area contributed by atoms with Crippen molar-refractivity contribution in [1.29, 1.82) is 0 Å². The normalized spacial score (nSPS) is 15.0. The lowest BCUT2D eigenvalue weighted by Gasteiger charge is -2.42. The Kier molecular flexibility index (Phi) is 9.98. The van der Waals surface area contributed by atoms with E-state index in [1.807, 2.05) is 42.5 Å². The van der Waals surface area contributed by atoms with Crippen LogP contribution < -0.4 is 0 Å². The van der Waals surface area contributed by atoms with Gasteiger partial charge in [0.25, 0.3) is 0 Å². The third-order valence-electron chi connectivity index (χ3n) is 17.6. The van der Waals surface area contributed by atoms with Crippen LogP contribution in [0.5, 0.6) is 0 Å². The van der Waals surface area contributed by atoms with Crippen molar-refractivity contribution in [1.82, 2.24) is 24.9 Å². The van der Waals surface area contributed by atoms with Gasteiger partial charge in [-0.15, -0.1) is 0 Å². The van der Waals surface area contributed by atoms with Crippen LogP contribution in [0, 0.1) is 0 Å². The van der Waals surface area contributed by atoms with Crippen LogP contribution in [0.4, 0.5) is 0 Å². The fourth-order valence-electron chi connectivity index (χ4n) is 14.0. The fourth-order valence-corrected chi connectivity index (χ4v) is 14.0. The quantitative estimate of drug-likeness (QED) is 0.159. The van der Waals surface area contributed by atoms with Crippen LogP contribution in [0.3, 0.4) is 0 Å². The van der Waals surface area contributed by atoms with Crippen molar-refractivity contribution in [3.05, 3.63) is 329 Å². The monoisotopic (exact) mass is 1030 g/mol. The zero-order valence-corrected chi connectivity index (χ0v) is 43.9. The second-order valence-electron chi connectivity index (χ2n) is 21.8. The van der Waals surface area contributed by atoms with Crippen molar-refractivity contribution >= 4 is 0 Å². The first-order valence-corrected chi connectivity index (χ1v) is 27.9. The highest BCUT2D eigenvalue weighted by molar-refractivity contribution is 5.96. The summed E-state index contributed by atoms with van der Waals surface area (Å²) in [7, 11) is 0. The van der Waals surface area contributed by atoms with Gasteiger partial charge < -0.3 is 0 Å². The summed E-state index contributed by atoms with van der Waals surface area (Å²) in [5, 5.41) is 0. The summed E-state index contributed by atoms with van der Waals surface area (Å²) < 4.78 is 0. The molecular formula is C76H47N5. The smallest absolute Gasteiger partial charge is 0.164 e. The molecule has 5 aliphatic rings. The molecule has 1 spiro atoms. The van der Waals surface area contributed by atoms with Gasteiger partial charge in [-0.3, -0.25) is 0 Å². The minimum absolute atomic E-state index is 0.0336. The molecule has 0 fully saturated rings. The van der Waals surface area contributed by atoms with Gasteiger partial charge in [-0.25, -0.2) is 24.9 Å². The van der Waals surface area contributed by atoms with E-state index in [1.54, 1.807) is 0 Å². The molecule has 0 N–H and O–H groups in total. The van der Waals surface area contributed by atoms with E-state index in [2.05, 4.69) is 231 Å². The Bertz CT molecular complexity index is 4600. The first kappa shape index (κ1) is 45.5. The average Bonchev–Trinajstić information content (AvgIpc) is 4.14. The molecule has 0 aliphatic heterocycles. The highest BCUT2D eigenvalue weighted by atomic mass is 15.0. The predicted molar refractivity (Wildman–Crippen MR) is 325 cm³/mol. The Labute approximate surface area is 469 Å². The van der Waals surface area contributed by atoms with Gasteiger partial charge in [0.05, 0.1) is 16.8 Å². The Balaban J connectivity index is 0.741. The van der Waals surface area contributed by atoms with Crippen molar-refractivity contribution in [2.75, 3.05) is 0 Å². The van der Waals surface area contributed by atoms with Gasteiger partial charge in [-0.05, 0) is 113 Å². The SMILES string of the molecule is c1ccc(-c2nc(-c3ccc(-c4ccc5c(c4)-c4ccccc4C54c5ccccc5-c5ccccc54)cc3)cc(-c3ccc4c(c3)C3c5ccccc5C4c4cc(-c5nc(-c6ccccc6)nc(-c6ccccc6)n5)ccc43)n2)cc1. The van der Waals surface area contributed by atoms with Crippen LogP contribution in [-0.2, 0) is 5.41 Å². The molecule has 18 rings (SSSR count). The molecule has 5 aliphatic carbocycles. The summed E-state index contributed by atoms with van der Waals surface area (Å²) in [4.78, 5) is 25.9. The molecule has 2 aromatic heterocycles. The summed E-state index contributed by atoms with van der Waals surface area (Å²) in [5.41, 5.74) is 28.2. The molecule has 5 nitrogen and oxygen atoms in total. The summed E-state index contributed by atoms with van der Waals surface area (Å²) >= 11 is 0. The lowest BCUT2D eigenvalue weighted by Crippen LogP contribution is -2.27. The molecule has 2 unspecified atom stereocenters. The Morgan fingerprint density at radius 2 is 0.568 bits per heavy atom. The van der Waals surface area contributed by atoms with Crippen molar-refractivity contribution in [2.45, 2.75) is 17.3 Å². The molecule has 2 bridgehead atoms. The van der Waals surface area contributed by atoms with E-state index in [1.165, 1.54) is 83.5 Å². The summed E-state index contributed by atoms with van der Waals surface area (Å²) in [6, 6.07) is 98.8. The van der Waals surface area contributed by atoms with Crippen molar-refractivity contribution in [2.24, 2.45) is 0 Å². The van der Waals surface area contributed by atoms with E-state index in [0.717, 1.165) is 50.3 Å². The molecule has 2 heterocycles. The lowest BCUT2D eigenvalue weighted by molar-refractivity contribution is 0.754. The average molecular weight is 1030 g/mol. The van der Waals surface area contributed by atoms with Crippen LogP contribution in [0.15, 0.2) is 273 Å². The standard InChI is InChI=1S/C76H47N5/c1-4-18-48(19-5-1)72-77-68(47-34-32-46(33-35-47)51-38-41-67-61(42-51)56-26-14-17-31-66(56)76(67)64-29-15-12-24-54(64)55-25-13-16-30-65(55)76)45-69(78-72)52-36-39-59-62(43-52)70-57-27-10-11-28-58(57)71(59)63-44-53(37-40-60(63)70)75-80-73(49-20-6-2-7-21-49)79-74(81-75)50-22-8-3-9-23-50/h1-45,70-71H. The molecule has 0 saturated carbocycles. The van der Waals surface area contributed by atoms with Gasteiger partial charge in [-0.2, -0.15) is 0 Å². The number of rotatable bonds is 7. The summed E-state index contributed by atoms with van der Waals surface area (Å²) in [5.74, 6) is 2.73.